The fourth-order valence-corrected chi connectivity index (χ4v) is 2.42. The number of rotatable bonds is 3. The molecule has 1 unspecified atom stereocenters. The van der Waals surface area contributed by atoms with Gasteiger partial charge in [0.15, 0.2) is 0 Å². The molecule has 2 N–H and O–H groups in total. The van der Waals surface area contributed by atoms with Gasteiger partial charge in [0.2, 0.25) is 5.91 Å². The normalized spacial score (nSPS) is 19.6. The van der Waals surface area contributed by atoms with Crippen LogP contribution in [-0.2, 0) is 11.3 Å². The first-order valence-electron chi connectivity index (χ1n) is 6.31. The third-order valence-electron chi connectivity index (χ3n) is 3.37. The fraction of sp³-hybridized carbons (Fsp3) is 0.286. The molecule has 0 radical (unpaired) electrons. The summed E-state index contributed by atoms with van der Waals surface area (Å²) in [4.78, 5) is 21.1. The Morgan fingerprint density at radius 3 is 2.84 bits per heavy atom. The van der Waals surface area contributed by atoms with Crippen molar-refractivity contribution in [2.75, 3.05) is 6.54 Å². The molecule has 19 heavy (non-hydrogen) atoms. The standard InChI is InChI=1S/C14H16N4O/c1-10-13(16-9-15-10)14-17-12(19)8-18(14)7-11-5-3-2-4-6-11/h2-6,9,14H,7-8H2,1H3,(H,15,16)(H,17,19). The summed E-state index contributed by atoms with van der Waals surface area (Å²) < 4.78 is 0. The maximum Gasteiger partial charge on any atom is 0.235 e. The van der Waals surface area contributed by atoms with Crippen molar-refractivity contribution in [2.45, 2.75) is 19.6 Å². The van der Waals surface area contributed by atoms with Gasteiger partial charge in [-0.1, -0.05) is 30.3 Å². The van der Waals surface area contributed by atoms with E-state index in [1.54, 1.807) is 6.33 Å². The van der Waals surface area contributed by atoms with E-state index >= 15 is 0 Å². The molecule has 1 aliphatic heterocycles. The van der Waals surface area contributed by atoms with E-state index in [-0.39, 0.29) is 12.1 Å². The summed E-state index contributed by atoms with van der Waals surface area (Å²) in [5.41, 5.74) is 3.07. The minimum atomic E-state index is -0.140. The molecule has 0 spiro atoms. The van der Waals surface area contributed by atoms with Gasteiger partial charge >= 0.3 is 0 Å². The molecule has 1 aromatic carbocycles. The van der Waals surface area contributed by atoms with Crippen LogP contribution in [0.5, 0.6) is 0 Å². The number of nitrogens with zero attached hydrogens (tertiary/aromatic N) is 2. The topological polar surface area (TPSA) is 61.0 Å². The van der Waals surface area contributed by atoms with Crippen molar-refractivity contribution in [2.24, 2.45) is 0 Å². The van der Waals surface area contributed by atoms with E-state index in [1.165, 1.54) is 5.56 Å². The highest BCUT2D eigenvalue weighted by atomic mass is 16.2. The summed E-state index contributed by atoms with van der Waals surface area (Å²) in [6.45, 7) is 3.11. The molecule has 1 saturated heterocycles. The summed E-state index contributed by atoms with van der Waals surface area (Å²) >= 11 is 0. The smallest absolute Gasteiger partial charge is 0.235 e. The van der Waals surface area contributed by atoms with Gasteiger partial charge in [0.05, 0.1) is 18.6 Å². The van der Waals surface area contributed by atoms with Crippen molar-refractivity contribution < 1.29 is 4.79 Å². The van der Waals surface area contributed by atoms with Gasteiger partial charge in [0.25, 0.3) is 0 Å². The van der Waals surface area contributed by atoms with Crippen molar-refractivity contribution in [3.63, 3.8) is 0 Å². The van der Waals surface area contributed by atoms with Crippen molar-refractivity contribution in [3.8, 4) is 0 Å². The predicted molar refractivity (Wildman–Crippen MR) is 71.1 cm³/mol. The molecule has 2 heterocycles. The first-order chi connectivity index (χ1) is 9.24. The zero-order valence-corrected chi connectivity index (χ0v) is 10.8. The fourth-order valence-electron chi connectivity index (χ4n) is 2.42. The van der Waals surface area contributed by atoms with Crippen LogP contribution in [-0.4, -0.2) is 27.3 Å². The lowest BCUT2D eigenvalue weighted by atomic mass is 10.2. The van der Waals surface area contributed by atoms with Crippen molar-refractivity contribution in [3.05, 3.63) is 53.6 Å². The lowest BCUT2D eigenvalue weighted by Gasteiger charge is -2.22. The number of amides is 1. The van der Waals surface area contributed by atoms with Crippen molar-refractivity contribution in [1.29, 1.82) is 0 Å². The molecule has 5 heteroatoms. The SMILES string of the molecule is Cc1[nH]cnc1C1NC(=O)CN1Cc1ccccc1. The van der Waals surface area contributed by atoms with Crippen LogP contribution >= 0.6 is 0 Å². The second-order valence-electron chi connectivity index (χ2n) is 4.77. The zero-order valence-electron chi connectivity index (χ0n) is 10.8. The van der Waals surface area contributed by atoms with Gasteiger partial charge in [-0.15, -0.1) is 0 Å². The first-order valence-corrected chi connectivity index (χ1v) is 6.31. The minimum Gasteiger partial charge on any atom is -0.348 e. The summed E-state index contributed by atoms with van der Waals surface area (Å²) in [7, 11) is 0. The van der Waals surface area contributed by atoms with Crippen molar-refractivity contribution >= 4 is 5.91 Å². The van der Waals surface area contributed by atoms with Crippen LogP contribution in [0.2, 0.25) is 0 Å². The molecule has 1 aliphatic rings. The quantitative estimate of drug-likeness (QED) is 0.871. The highest BCUT2D eigenvalue weighted by Gasteiger charge is 2.33. The molecular formula is C14H16N4O. The number of aromatic nitrogens is 2. The molecule has 0 bridgehead atoms. The van der Waals surface area contributed by atoms with Crippen LogP contribution in [0, 0.1) is 6.92 Å². The molecule has 98 valence electrons. The third kappa shape index (κ3) is 2.37. The second kappa shape index (κ2) is 4.85. The Hall–Kier alpha value is -2.14. The third-order valence-corrected chi connectivity index (χ3v) is 3.37. The van der Waals surface area contributed by atoms with Crippen LogP contribution in [0.1, 0.15) is 23.1 Å². The van der Waals surface area contributed by atoms with Gasteiger partial charge in [-0.05, 0) is 12.5 Å². The summed E-state index contributed by atoms with van der Waals surface area (Å²) in [5.74, 6) is 0.0448. The zero-order chi connectivity index (χ0) is 13.2. The predicted octanol–water partition coefficient (Wildman–Crippen LogP) is 1.35. The van der Waals surface area contributed by atoms with E-state index in [9.17, 15) is 4.79 Å². The molecule has 2 aromatic rings. The lowest BCUT2D eigenvalue weighted by molar-refractivity contribution is -0.118. The molecule has 3 rings (SSSR count). The Bertz CT molecular complexity index is 578. The van der Waals surface area contributed by atoms with E-state index in [0.717, 1.165) is 17.9 Å². The summed E-state index contributed by atoms with van der Waals surface area (Å²) in [6.07, 6.45) is 1.52. The molecule has 1 amide bonds. The molecule has 1 fully saturated rings. The van der Waals surface area contributed by atoms with Gasteiger partial charge in [-0.2, -0.15) is 0 Å². The summed E-state index contributed by atoms with van der Waals surface area (Å²) in [5, 5.41) is 2.97. The van der Waals surface area contributed by atoms with Crippen LogP contribution in [0.15, 0.2) is 36.7 Å². The number of aromatic amines is 1. The number of hydrogen-bond acceptors (Lipinski definition) is 3. The second-order valence-corrected chi connectivity index (χ2v) is 4.77. The maximum atomic E-state index is 11.7. The van der Waals surface area contributed by atoms with Crippen LogP contribution < -0.4 is 5.32 Å². The first kappa shape index (κ1) is 11.9. The average Bonchev–Trinajstić information content (AvgIpc) is 2.97. The van der Waals surface area contributed by atoms with Gasteiger partial charge in [0, 0.05) is 12.2 Å². The Kier molecular flexibility index (Phi) is 3.05. The summed E-state index contributed by atoms with van der Waals surface area (Å²) in [6, 6.07) is 10.1. The Morgan fingerprint density at radius 1 is 1.37 bits per heavy atom. The molecule has 1 atom stereocenters. The van der Waals surface area contributed by atoms with E-state index < -0.39 is 0 Å². The highest BCUT2D eigenvalue weighted by Crippen LogP contribution is 2.24. The molecular weight excluding hydrogens is 240 g/mol. The average molecular weight is 256 g/mol. The minimum absolute atomic E-state index is 0.0448. The van der Waals surface area contributed by atoms with Crippen molar-refractivity contribution in [1.82, 2.24) is 20.2 Å². The largest absolute Gasteiger partial charge is 0.348 e. The number of hydrogen-bond donors (Lipinski definition) is 2. The van der Waals surface area contributed by atoms with E-state index in [4.69, 9.17) is 0 Å². The monoisotopic (exact) mass is 256 g/mol. The Morgan fingerprint density at radius 2 is 2.16 bits per heavy atom. The number of imidazole rings is 1. The van der Waals surface area contributed by atoms with Crippen LogP contribution in [0.4, 0.5) is 0 Å². The number of benzene rings is 1. The van der Waals surface area contributed by atoms with Crippen LogP contribution in [0.3, 0.4) is 0 Å². The Balaban J connectivity index is 1.83. The molecule has 5 nitrogen and oxygen atoms in total. The van der Waals surface area contributed by atoms with E-state index in [2.05, 4.69) is 32.3 Å². The number of carbonyl (C=O) groups is 1. The van der Waals surface area contributed by atoms with Gasteiger partial charge in [-0.3, -0.25) is 9.69 Å². The molecule has 0 saturated carbocycles. The van der Waals surface area contributed by atoms with Crippen LogP contribution in [0.25, 0.3) is 0 Å². The number of H-pyrrole nitrogens is 1. The number of carbonyl (C=O) groups excluding carboxylic acids is 1. The molecule has 1 aromatic heterocycles. The maximum absolute atomic E-state index is 11.7. The number of nitrogens with one attached hydrogen (secondary N) is 2. The van der Waals surface area contributed by atoms with E-state index in [0.29, 0.717) is 6.54 Å². The number of aryl methyl sites for hydroxylation is 1. The van der Waals surface area contributed by atoms with Gasteiger partial charge in [0.1, 0.15) is 6.17 Å². The Labute approximate surface area is 111 Å². The van der Waals surface area contributed by atoms with Gasteiger partial charge < -0.3 is 10.3 Å². The lowest BCUT2D eigenvalue weighted by Crippen LogP contribution is -2.28. The highest BCUT2D eigenvalue weighted by molar-refractivity contribution is 5.80. The van der Waals surface area contributed by atoms with Gasteiger partial charge in [-0.25, -0.2) is 4.98 Å². The van der Waals surface area contributed by atoms with E-state index in [1.807, 2.05) is 25.1 Å². The molecule has 0 aliphatic carbocycles.